The van der Waals surface area contributed by atoms with Crippen LogP contribution in [0.15, 0.2) is 23.1 Å². The molecule has 0 unspecified atom stereocenters. The summed E-state index contributed by atoms with van der Waals surface area (Å²) in [4.78, 5) is 9.73. The van der Waals surface area contributed by atoms with E-state index in [2.05, 4.69) is 4.18 Å². The molecule has 0 heterocycles. The van der Waals surface area contributed by atoms with Gasteiger partial charge in [0.15, 0.2) is 0 Å². The molecular weight excluding hydrogens is 227 g/mol. The minimum absolute atomic E-state index is 0.327. The maximum absolute atomic E-state index is 13.1. The number of aromatic carboxylic acids is 1. The Morgan fingerprint density at radius 1 is 1.47 bits per heavy atom. The van der Waals surface area contributed by atoms with Gasteiger partial charge in [-0.25, -0.2) is 9.18 Å². The quantitative estimate of drug-likeness (QED) is 0.784. The van der Waals surface area contributed by atoms with Crippen molar-refractivity contribution in [1.82, 2.24) is 0 Å². The highest BCUT2D eigenvalue weighted by atomic mass is 32.2. The van der Waals surface area contributed by atoms with Crippen LogP contribution in [0.1, 0.15) is 10.4 Å². The second-order valence-corrected chi connectivity index (χ2v) is 4.25. The first-order valence-electron chi connectivity index (χ1n) is 3.72. The Morgan fingerprint density at radius 3 is 2.53 bits per heavy atom. The highest BCUT2D eigenvalue weighted by molar-refractivity contribution is 7.86. The van der Waals surface area contributed by atoms with E-state index >= 15 is 0 Å². The molecule has 0 amide bonds. The molecular formula is C8H7FO5S. The number of rotatable bonds is 3. The van der Waals surface area contributed by atoms with Gasteiger partial charge in [0, 0.05) is 0 Å². The summed E-state index contributed by atoms with van der Waals surface area (Å²) in [7, 11) is -3.36. The fourth-order valence-corrected chi connectivity index (χ4v) is 1.68. The first-order chi connectivity index (χ1) is 6.88. The fourth-order valence-electron chi connectivity index (χ4n) is 0.918. The first-order valence-corrected chi connectivity index (χ1v) is 5.13. The van der Waals surface area contributed by atoms with Gasteiger partial charge in [0.25, 0.3) is 10.1 Å². The number of carboxylic acid groups (broad SMARTS) is 1. The number of benzene rings is 1. The Morgan fingerprint density at radius 2 is 2.07 bits per heavy atom. The van der Waals surface area contributed by atoms with Gasteiger partial charge >= 0.3 is 5.97 Å². The van der Waals surface area contributed by atoms with Crippen LogP contribution < -0.4 is 0 Å². The molecule has 0 fully saturated rings. The molecule has 0 saturated carbocycles. The number of halogens is 1. The van der Waals surface area contributed by atoms with Crippen molar-refractivity contribution in [2.75, 3.05) is 7.11 Å². The number of hydrogen-bond acceptors (Lipinski definition) is 4. The third kappa shape index (κ3) is 2.31. The minimum atomic E-state index is -4.22. The Hall–Kier alpha value is -1.47. The smallest absolute Gasteiger partial charge is 0.335 e. The molecule has 0 radical (unpaired) electrons. The monoisotopic (exact) mass is 234 g/mol. The van der Waals surface area contributed by atoms with Crippen molar-refractivity contribution >= 4 is 16.1 Å². The van der Waals surface area contributed by atoms with Crippen LogP contribution in [0.5, 0.6) is 0 Å². The lowest BCUT2D eigenvalue weighted by molar-refractivity contribution is 0.0696. The molecule has 82 valence electrons. The van der Waals surface area contributed by atoms with Crippen LogP contribution in [0.2, 0.25) is 0 Å². The second-order valence-electron chi connectivity index (χ2n) is 2.57. The molecule has 1 rings (SSSR count). The highest BCUT2D eigenvalue weighted by Gasteiger charge is 2.20. The zero-order valence-corrected chi connectivity index (χ0v) is 8.41. The van der Waals surface area contributed by atoms with Gasteiger partial charge in [0.2, 0.25) is 0 Å². The molecule has 0 saturated heterocycles. The summed E-state index contributed by atoms with van der Waals surface area (Å²) in [5.74, 6) is -2.40. The average molecular weight is 234 g/mol. The summed E-state index contributed by atoms with van der Waals surface area (Å²) < 4.78 is 39.4. The zero-order chi connectivity index (χ0) is 11.6. The van der Waals surface area contributed by atoms with Crippen molar-refractivity contribution in [3.05, 3.63) is 29.6 Å². The van der Waals surface area contributed by atoms with E-state index in [0.717, 1.165) is 19.2 Å². The fraction of sp³-hybridized carbons (Fsp3) is 0.125. The lowest BCUT2D eigenvalue weighted by atomic mass is 10.2. The molecule has 15 heavy (non-hydrogen) atoms. The highest BCUT2D eigenvalue weighted by Crippen LogP contribution is 2.18. The molecule has 7 heteroatoms. The van der Waals surface area contributed by atoms with Crippen LogP contribution in [-0.4, -0.2) is 26.6 Å². The summed E-state index contributed by atoms with van der Waals surface area (Å²) in [5, 5.41) is 8.58. The molecule has 0 atom stereocenters. The van der Waals surface area contributed by atoms with Gasteiger partial charge in [-0.15, -0.1) is 0 Å². The molecule has 0 aromatic heterocycles. The molecule has 1 N–H and O–H groups in total. The van der Waals surface area contributed by atoms with Crippen molar-refractivity contribution in [2.45, 2.75) is 4.90 Å². The number of carboxylic acids is 1. The second kappa shape index (κ2) is 3.95. The van der Waals surface area contributed by atoms with E-state index in [0.29, 0.717) is 6.07 Å². The van der Waals surface area contributed by atoms with E-state index in [9.17, 15) is 17.6 Å². The van der Waals surface area contributed by atoms with Gasteiger partial charge in [0.05, 0.1) is 12.7 Å². The third-order valence-corrected chi connectivity index (χ3v) is 2.96. The third-order valence-electron chi connectivity index (χ3n) is 1.67. The lowest BCUT2D eigenvalue weighted by Crippen LogP contribution is -2.07. The SMILES string of the molecule is COS(=O)(=O)c1cc(C(=O)O)ccc1F. The van der Waals surface area contributed by atoms with Crippen molar-refractivity contribution in [1.29, 1.82) is 0 Å². The van der Waals surface area contributed by atoms with Crippen molar-refractivity contribution in [3.8, 4) is 0 Å². The van der Waals surface area contributed by atoms with Gasteiger partial charge in [-0.1, -0.05) is 0 Å². The Labute approximate surface area is 85.2 Å². The average Bonchev–Trinajstić information content (AvgIpc) is 2.17. The van der Waals surface area contributed by atoms with Gasteiger partial charge < -0.3 is 5.11 Å². The topological polar surface area (TPSA) is 80.7 Å². The predicted molar refractivity (Wildman–Crippen MR) is 47.6 cm³/mol. The first kappa shape index (κ1) is 11.6. The van der Waals surface area contributed by atoms with Crippen molar-refractivity contribution < 1.29 is 26.9 Å². The summed E-state index contributed by atoms with van der Waals surface area (Å²) in [6.45, 7) is 0. The minimum Gasteiger partial charge on any atom is -0.478 e. The molecule has 5 nitrogen and oxygen atoms in total. The Kier molecular flexibility index (Phi) is 3.06. The van der Waals surface area contributed by atoms with E-state index in [1.54, 1.807) is 0 Å². The molecule has 1 aromatic rings. The molecule has 0 aliphatic carbocycles. The predicted octanol–water partition coefficient (Wildman–Crippen LogP) is 0.859. The van der Waals surface area contributed by atoms with Crippen LogP contribution in [0.3, 0.4) is 0 Å². The number of hydrogen-bond donors (Lipinski definition) is 1. The van der Waals surface area contributed by atoms with E-state index < -0.39 is 26.8 Å². The van der Waals surface area contributed by atoms with Gasteiger partial charge in [-0.2, -0.15) is 8.42 Å². The normalized spacial score (nSPS) is 11.3. The Balaban J connectivity index is 3.42. The van der Waals surface area contributed by atoms with Crippen molar-refractivity contribution in [2.24, 2.45) is 0 Å². The zero-order valence-electron chi connectivity index (χ0n) is 7.60. The van der Waals surface area contributed by atoms with E-state index in [1.807, 2.05) is 0 Å². The van der Waals surface area contributed by atoms with E-state index in [4.69, 9.17) is 5.11 Å². The van der Waals surface area contributed by atoms with Crippen LogP contribution in [0.4, 0.5) is 4.39 Å². The molecule has 1 aromatic carbocycles. The summed E-state index contributed by atoms with van der Waals surface area (Å²) in [5.41, 5.74) is -0.327. The molecule has 0 spiro atoms. The summed E-state index contributed by atoms with van der Waals surface area (Å²) >= 11 is 0. The number of carbonyl (C=O) groups is 1. The Bertz CT molecular complexity index is 494. The molecule has 0 aliphatic rings. The molecule has 0 bridgehead atoms. The van der Waals surface area contributed by atoms with Crippen LogP contribution in [0.25, 0.3) is 0 Å². The maximum atomic E-state index is 13.1. The summed E-state index contributed by atoms with van der Waals surface area (Å²) in [6.07, 6.45) is 0. The lowest BCUT2D eigenvalue weighted by Gasteiger charge is -2.03. The largest absolute Gasteiger partial charge is 0.478 e. The van der Waals surface area contributed by atoms with Crippen LogP contribution in [0, 0.1) is 5.82 Å². The van der Waals surface area contributed by atoms with E-state index in [-0.39, 0.29) is 5.56 Å². The summed E-state index contributed by atoms with van der Waals surface area (Å²) in [6, 6.07) is 2.43. The van der Waals surface area contributed by atoms with Gasteiger partial charge in [-0.05, 0) is 18.2 Å². The standard InChI is InChI=1S/C8H7FO5S/c1-14-15(12,13)7-4-5(8(10)11)2-3-6(7)9/h2-4H,1H3,(H,10,11). The van der Waals surface area contributed by atoms with Crippen LogP contribution >= 0.6 is 0 Å². The van der Waals surface area contributed by atoms with Crippen LogP contribution in [-0.2, 0) is 14.3 Å². The van der Waals surface area contributed by atoms with Gasteiger partial charge in [0.1, 0.15) is 10.7 Å². The van der Waals surface area contributed by atoms with E-state index in [1.165, 1.54) is 0 Å². The van der Waals surface area contributed by atoms with Gasteiger partial charge in [-0.3, -0.25) is 4.18 Å². The van der Waals surface area contributed by atoms with Crippen molar-refractivity contribution in [3.63, 3.8) is 0 Å². The molecule has 0 aliphatic heterocycles. The maximum Gasteiger partial charge on any atom is 0.335 e.